The highest BCUT2D eigenvalue weighted by molar-refractivity contribution is 5.33. The SMILES string of the molecule is CNC(c1cc(C)c(F)c(C)c1)C1CC1C. The van der Waals surface area contributed by atoms with Gasteiger partial charge in [0.05, 0.1) is 0 Å². The lowest BCUT2D eigenvalue weighted by Gasteiger charge is -2.18. The smallest absolute Gasteiger partial charge is 0.129 e. The molecular formula is C14H20FN. The van der Waals surface area contributed by atoms with E-state index in [-0.39, 0.29) is 5.82 Å². The molecular weight excluding hydrogens is 201 g/mol. The maximum Gasteiger partial charge on any atom is 0.129 e. The molecule has 1 nitrogen and oxygen atoms in total. The maximum absolute atomic E-state index is 13.6. The molecule has 1 aliphatic rings. The van der Waals surface area contributed by atoms with E-state index in [9.17, 15) is 4.39 Å². The summed E-state index contributed by atoms with van der Waals surface area (Å²) in [5.41, 5.74) is 2.74. The van der Waals surface area contributed by atoms with E-state index in [1.807, 2.05) is 33.0 Å². The molecule has 0 spiro atoms. The van der Waals surface area contributed by atoms with Crippen LogP contribution in [0, 0.1) is 31.5 Å². The van der Waals surface area contributed by atoms with Crippen molar-refractivity contribution in [1.29, 1.82) is 0 Å². The van der Waals surface area contributed by atoms with Crippen molar-refractivity contribution in [1.82, 2.24) is 5.32 Å². The van der Waals surface area contributed by atoms with E-state index in [0.29, 0.717) is 12.0 Å². The van der Waals surface area contributed by atoms with Crippen LogP contribution in [-0.4, -0.2) is 7.05 Å². The first-order valence-electron chi connectivity index (χ1n) is 5.98. The number of halogens is 1. The van der Waals surface area contributed by atoms with Crippen LogP contribution in [0.25, 0.3) is 0 Å². The molecule has 2 heteroatoms. The molecule has 0 amide bonds. The molecule has 1 saturated carbocycles. The van der Waals surface area contributed by atoms with Crippen molar-refractivity contribution in [3.63, 3.8) is 0 Å². The number of aryl methyl sites for hydroxylation is 2. The van der Waals surface area contributed by atoms with Gasteiger partial charge in [0.15, 0.2) is 0 Å². The van der Waals surface area contributed by atoms with Crippen LogP contribution in [0.3, 0.4) is 0 Å². The molecule has 1 N–H and O–H groups in total. The Morgan fingerprint density at radius 1 is 1.31 bits per heavy atom. The van der Waals surface area contributed by atoms with Gasteiger partial charge >= 0.3 is 0 Å². The van der Waals surface area contributed by atoms with E-state index in [0.717, 1.165) is 17.0 Å². The lowest BCUT2D eigenvalue weighted by molar-refractivity contribution is 0.501. The first-order chi connectivity index (χ1) is 7.54. The summed E-state index contributed by atoms with van der Waals surface area (Å²) in [6, 6.07) is 4.34. The van der Waals surface area contributed by atoms with Crippen molar-refractivity contribution in [2.75, 3.05) is 7.05 Å². The third-order valence-electron chi connectivity index (χ3n) is 3.73. The highest BCUT2D eigenvalue weighted by Gasteiger charge is 2.39. The van der Waals surface area contributed by atoms with Crippen LogP contribution >= 0.6 is 0 Å². The van der Waals surface area contributed by atoms with Gasteiger partial charge in [-0.05, 0) is 55.8 Å². The normalized spacial score (nSPS) is 25.6. The molecule has 16 heavy (non-hydrogen) atoms. The van der Waals surface area contributed by atoms with Crippen molar-refractivity contribution in [2.45, 2.75) is 33.2 Å². The summed E-state index contributed by atoms with van der Waals surface area (Å²) in [5, 5.41) is 3.36. The highest BCUT2D eigenvalue weighted by Crippen LogP contribution is 2.47. The van der Waals surface area contributed by atoms with Crippen LogP contribution < -0.4 is 5.32 Å². The predicted molar refractivity (Wildman–Crippen MR) is 64.9 cm³/mol. The molecule has 88 valence electrons. The van der Waals surface area contributed by atoms with Gasteiger partial charge in [-0.2, -0.15) is 0 Å². The summed E-state index contributed by atoms with van der Waals surface area (Å²) >= 11 is 0. The predicted octanol–water partition coefficient (Wildman–Crippen LogP) is 3.36. The Morgan fingerprint density at radius 3 is 2.19 bits per heavy atom. The van der Waals surface area contributed by atoms with Crippen LogP contribution in [0.4, 0.5) is 4.39 Å². The minimum Gasteiger partial charge on any atom is -0.313 e. The van der Waals surface area contributed by atoms with Gasteiger partial charge in [0.25, 0.3) is 0 Å². The number of nitrogens with one attached hydrogen (secondary N) is 1. The van der Waals surface area contributed by atoms with Gasteiger partial charge in [-0.1, -0.05) is 19.1 Å². The summed E-state index contributed by atoms with van der Waals surface area (Å²) in [4.78, 5) is 0. The molecule has 2 rings (SSSR count). The van der Waals surface area contributed by atoms with E-state index in [1.165, 1.54) is 12.0 Å². The molecule has 0 bridgehead atoms. The van der Waals surface area contributed by atoms with Crippen LogP contribution in [0.1, 0.15) is 36.1 Å². The molecule has 1 fully saturated rings. The number of hydrogen-bond acceptors (Lipinski definition) is 1. The largest absolute Gasteiger partial charge is 0.313 e. The minimum atomic E-state index is -0.0672. The van der Waals surface area contributed by atoms with E-state index >= 15 is 0 Å². The summed E-state index contributed by atoms with van der Waals surface area (Å²) in [7, 11) is 1.99. The highest BCUT2D eigenvalue weighted by atomic mass is 19.1. The van der Waals surface area contributed by atoms with Crippen molar-refractivity contribution >= 4 is 0 Å². The average Bonchev–Trinajstić information content (AvgIpc) is 2.93. The number of hydrogen-bond donors (Lipinski definition) is 1. The van der Waals surface area contributed by atoms with Gasteiger partial charge in [0.2, 0.25) is 0 Å². The molecule has 1 aromatic carbocycles. The van der Waals surface area contributed by atoms with Crippen LogP contribution in [0.5, 0.6) is 0 Å². The summed E-state index contributed by atoms with van der Waals surface area (Å²) in [6.45, 7) is 5.96. The van der Waals surface area contributed by atoms with Crippen LogP contribution in [0.15, 0.2) is 12.1 Å². The van der Waals surface area contributed by atoms with E-state index in [4.69, 9.17) is 0 Å². The van der Waals surface area contributed by atoms with Gasteiger partial charge < -0.3 is 5.32 Å². The Balaban J connectivity index is 2.32. The fourth-order valence-electron chi connectivity index (χ4n) is 2.60. The standard InChI is InChI=1S/C14H20FN/c1-8-7-12(8)14(16-4)11-5-9(2)13(15)10(3)6-11/h5-6,8,12,14,16H,7H2,1-4H3. The second-order valence-corrected chi connectivity index (χ2v) is 5.11. The van der Waals surface area contributed by atoms with Gasteiger partial charge in [-0.3, -0.25) is 0 Å². The Hall–Kier alpha value is -0.890. The van der Waals surface area contributed by atoms with Crippen LogP contribution in [-0.2, 0) is 0 Å². The summed E-state index contributed by atoms with van der Waals surface area (Å²) in [6.07, 6.45) is 1.28. The van der Waals surface area contributed by atoms with Gasteiger partial charge in [-0.15, -0.1) is 0 Å². The van der Waals surface area contributed by atoms with E-state index < -0.39 is 0 Å². The van der Waals surface area contributed by atoms with Crippen molar-refractivity contribution in [2.24, 2.45) is 11.8 Å². The number of benzene rings is 1. The Bertz CT molecular complexity index is 377. The topological polar surface area (TPSA) is 12.0 Å². The average molecular weight is 221 g/mol. The zero-order valence-electron chi connectivity index (χ0n) is 10.5. The molecule has 3 unspecified atom stereocenters. The number of rotatable bonds is 3. The van der Waals surface area contributed by atoms with E-state index in [1.54, 1.807) is 0 Å². The zero-order chi connectivity index (χ0) is 11.9. The van der Waals surface area contributed by atoms with Crippen LogP contribution in [0.2, 0.25) is 0 Å². The van der Waals surface area contributed by atoms with Gasteiger partial charge in [0.1, 0.15) is 5.82 Å². The Kier molecular flexibility index (Phi) is 3.02. The quantitative estimate of drug-likeness (QED) is 0.825. The first-order valence-corrected chi connectivity index (χ1v) is 5.98. The van der Waals surface area contributed by atoms with Crippen molar-refractivity contribution in [3.05, 3.63) is 34.6 Å². The zero-order valence-corrected chi connectivity index (χ0v) is 10.5. The van der Waals surface area contributed by atoms with Crippen molar-refractivity contribution in [3.8, 4) is 0 Å². The molecule has 1 aromatic rings. The van der Waals surface area contributed by atoms with E-state index in [2.05, 4.69) is 12.2 Å². The lowest BCUT2D eigenvalue weighted by atomic mass is 9.97. The third kappa shape index (κ3) is 1.99. The summed E-state index contributed by atoms with van der Waals surface area (Å²) < 4.78 is 13.6. The second-order valence-electron chi connectivity index (χ2n) is 5.11. The second kappa shape index (κ2) is 4.17. The maximum atomic E-state index is 13.6. The van der Waals surface area contributed by atoms with Gasteiger partial charge in [0, 0.05) is 6.04 Å². The van der Waals surface area contributed by atoms with Gasteiger partial charge in [-0.25, -0.2) is 4.39 Å². The molecule has 0 saturated heterocycles. The first kappa shape index (κ1) is 11.6. The lowest BCUT2D eigenvalue weighted by Crippen LogP contribution is -2.19. The fourth-order valence-corrected chi connectivity index (χ4v) is 2.60. The molecule has 1 aliphatic carbocycles. The summed E-state index contributed by atoms with van der Waals surface area (Å²) in [5.74, 6) is 1.44. The molecule has 0 radical (unpaired) electrons. The Labute approximate surface area is 97.1 Å². The molecule has 0 heterocycles. The Morgan fingerprint density at radius 2 is 1.81 bits per heavy atom. The molecule has 0 aromatic heterocycles. The molecule has 0 aliphatic heterocycles. The monoisotopic (exact) mass is 221 g/mol. The third-order valence-corrected chi connectivity index (χ3v) is 3.73. The van der Waals surface area contributed by atoms with Crippen molar-refractivity contribution < 1.29 is 4.39 Å². The molecule has 3 atom stereocenters. The minimum absolute atomic E-state index is 0.0672. The fraction of sp³-hybridized carbons (Fsp3) is 0.571.